The van der Waals surface area contributed by atoms with E-state index in [1.807, 2.05) is 0 Å². The zero-order chi connectivity index (χ0) is 12.4. The summed E-state index contributed by atoms with van der Waals surface area (Å²) < 4.78 is 36.8. The quantitative estimate of drug-likeness (QED) is 0.838. The fraction of sp³-hybridized carbons (Fsp3) is 0.455. The largest absolute Gasteiger partial charge is 0.416 e. The van der Waals surface area contributed by atoms with E-state index in [-0.39, 0.29) is 13.0 Å². The number of hydrogen-bond donors (Lipinski definition) is 2. The summed E-state index contributed by atoms with van der Waals surface area (Å²) in [5.74, 6) is 0. The van der Waals surface area contributed by atoms with E-state index >= 15 is 0 Å². The number of halogens is 3. The number of alkyl halides is 3. The summed E-state index contributed by atoms with van der Waals surface area (Å²) in [5.41, 5.74) is 4.18. The Hall–Kier alpha value is -1.07. The molecule has 0 bridgehead atoms. The van der Waals surface area contributed by atoms with Crippen molar-refractivity contribution in [1.29, 1.82) is 0 Å². The fourth-order valence-electron chi connectivity index (χ4n) is 1.32. The standard InChI is InChI=1S/C11H14F3NO/c1-10(16,7-15)6-8-2-4-9(5-3-8)11(12,13)14/h2-5,16H,6-7,15H2,1H3. The minimum atomic E-state index is -4.32. The van der Waals surface area contributed by atoms with Crippen LogP contribution in [0.5, 0.6) is 0 Å². The number of rotatable bonds is 3. The Kier molecular flexibility index (Phi) is 3.60. The van der Waals surface area contributed by atoms with Crippen LogP contribution < -0.4 is 5.73 Å². The maximum Gasteiger partial charge on any atom is 0.416 e. The minimum Gasteiger partial charge on any atom is -0.389 e. The van der Waals surface area contributed by atoms with Crippen molar-refractivity contribution >= 4 is 0 Å². The molecule has 0 fully saturated rings. The molecule has 0 spiro atoms. The number of aliphatic hydroxyl groups is 1. The van der Waals surface area contributed by atoms with Crippen LogP contribution in [0.3, 0.4) is 0 Å². The van der Waals surface area contributed by atoms with Crippen LogP contribution in [0.2, 0.25) is 0 Å². The lowest BCUT2D eigenvalue weighted by molar-refractivity contribution is -0.137. The van der Waals surface area contributed by atoms with Crippen LogP contribution in [0, 0.1) is 0 Å². The molecule has 0 radical (unpaired) electrons. The van der Waals surface area contributed by atoms with Crippen LogP contribution in [0.4, 0.5) is 13.2 Å². The van der Waals surface area contributed by atoms with Crippen LogP contribution in [-0.2, 0) is 12.6 Å². The van der Waals surface area contributed by atoms with Gasteiger partial charge in [-0.3, -0.25) is 0 Å². The summed E-state index contributed by atoms with van der Waals surface area (Å²) >= 11 is 0. The van der Waals surface area contributed by atoms with Gasteiger partial charge in [-0.25, -0.2) is 0 Å². The van der Waals surface area contributed by atoms with E-state index in [9.17, 15) is 18.3 Å². The van der Waals surface area contributed by atoms with Gasteiger partial charge in [-0.1, -0.05) is 12.1 Å². The SMILES string of the molecule is CC(O)(CN)Cc1ccc(C(F)(F)F)cc1. The Morgan fingerprint density at radius 3 is 2.06 bits per heavy atom. The molecule has 0 aliphatic heterocycles. The van der Waals surface area contributed by atoms with Gasteiger partial charge in [-0.05, 0) is 24.6 Å². The first-order valence-electron chi connectivity index (χ1n) is 4.83. The number of hydrogen-bond acceptors (Lipinski definition) is 2. The van der Waals surface area contributed by atoms with Crippen molar-refractivity contribution in [3.05, 3.63) is 35.4 Å². The molecule has 90 valence electrons. The average molecular weight is 233 g/mol. The molecule has 1 aromatic carbocycles. The first kappa shape index (κ1) is 13.0. The van der Waals surface area contributed by atoms with E-state index in [0.717, 1.165) is 12.1 Å². The molecule has 0 saturated carbocycles. The van der Waals surface area contributed by atoms with Gasteiger partial charge < -0.3 is 10.8 Å². The second kappa shape index (κ2) is 4.43. The third kappa shape index (κ3) is 3.50. The van der Waals surface area contributed by atoms with Crippen LogP contribution in [-0.4, -0.2) is 17.3 Å². The Morgan fingerprint density at radius 2 is 1.69 bits per heavy atom. The molecule has 3 N–H and O–H groups in total. The van der Waals surface area contributed by atoms with E-state index in [2.05, 4.69) is 0 Å². The van der Waals surface area contributed by atoms with Crippen LogP contribution in [0.15, 0.2) is 24.3 Å². The second-order valence-electron chi connectivity index (χ2n) is 4.07. The lowest BCUT2D eigenvalue weighted by Gasteiger charge is -2.21. The lowest BCUT2D eigenvalue weighted by Crippen LogP contribution is -2.36. The number of benzene rings is 1. The first-order chi connectivity index (χ1) is 7.24. The summed E-state index contributed by atoms with van der Waals surface area (Å²) in [5, 5.41) is 9.66. The molecule has 2 nitrogen and oxygen atoms in total. The fourth-order valence-corrected chi connectivity index (χ4v) is 1.32. The minimum absolute atomic E-state index is 0.0635. The molecule has 5 heteroatoms. The Bertz CT molecular complexity index is 343. The van der Waals surface area contributed by atoms with Crippen LogP contribution >= 0.6 is 0 Å². The molecule has 1 aromatic rings. The summed E-state index contributed by atoms with van der Waals surface area (Å²) in [6, 6.07) is 4.71. The summed E-state index contributed by atoms with van der Waals surface area (Å²) in [4.78, 5) is 0. The lowest BCUT2D eigenvalue weighted by atomic mass is 9.96. The van der Waals surface area contributed by atoms with Gasteiger partial charge >= 0.3 is 6.18 Å². The zero-order valence-corrected chi connectivity index (χ0v) is 8.88. The topological polar surface area (TPSA) is 46.2 Å². The van der Waals surface area contributed by atoms with Crippen molar-refractivity contribution in [3.8, 4) is 0 Å². The third-order valence-electron chi connectivity index (χ3n) is 2.31. The summed E-state index contributed by atoms with van der Waals surface area (Å²) in [7, 11) is 0. The van der Waals surface area contributed by atoms with E-state index in [4.69, 9.17) is 5.73 Å². The van der Waals surface area contributed by atoms with E-state index in [1.54, 1.807) is 6.92 Å². The van der Waals surface area contributed by atoms with E-state index in [1.165, 1.54) is 12.1 Å². The third-order valence-corrected chi connectivity index (χ3v) is 2.31. The van der Waals surface area contributed by atoms with Gasteiger partial charge in [0.2, 0.25) is 0 Å². The van der Waals surface area contributed by atoms with Crippen molar-refractivity contribution < 1.29 is 18.3 Å². The smallest absolute Gasteiger partial charge is 0.389 e. The molecule has 0 aromatic heterocycles. The van der Waals surface area contributed by atoms with Gasteiger partial charge in [0.15, 0.2) is 0 Å². The first-order valence-corrected chi connectivity index (χ1v) is 4.83. The van der Waals surface area contributed by atoms with Gasteiger partial charge in [-0.15, -0.1) is 0 Å². The van der Waals surface area contributed by atoms with Crippen molar-refractivity contribution in [2.24, 2.45) is 5.73 Å². The monoisotopic (exact) mass is 233 g/mol. The average Bonchev–Trinajstić information content (AvgIpc) is 2.16. The molecule has 0 amide bonds. The normalized spacial score (nSPS) is 15.9. The van der Waals surface area contributed by atoms with Crippen LogP contribution in [0.1, 0.15) is 18.1 Å². The second-order valence-corrected chi connectivity index (χ2v) is 4.07. The molecular weight excluding hydrogens is 219 g/mol. The molecule has 0 saturated heterocycles. The van der Waals surface area contributed by atoms with Gasteiger partial charge in [0.25, 0.3) is 0 Å². The van der Waals surface area contributed by atoms with Crippen molar-refractivity contribution in [3.63, 3.8) is 0 Å². The van der Waals surface area contributed by atoms with Crippen molar-refractivity contribution in [1.82, 2.24) is 0 Å². The van der Waals surface area contributed by atoms with E-state index in [0.29, 0.717) is 5.56 Å². The summed E-state index contributed by atoms with van der Waals surface area (Å²) in [6.07, 6.45) is -4.09. The maximum absolute atomic E-state index is 12.3. The molecule has 0 aliphatic rings. The van der Waals surface area contributed by atoms with Gasteiger partial charge in [0.1, 0.15) is 0 Å². The van der Waals surface area contributed by atoms with E-state index < -0.39 is 17.3 Å². The van der Waals surface area contributed by atoms with Crippen molar-refractivity contribution in [2.75, 3.05) is 6.54 Å². The highest BCUT2D eigenvalue weighted by Gasteiger charge is 2.30. The molecule has 0 heterocycles. The predicted molar refractivity (Wildman–Crippen MR) is 54.8 cm³/mol. The molecular formula is C11H14F3NO. The van der Waals surface area contributed by atoms with Crippen molar-refractivity contribution in [2.45, 2.75) is 25.1 Å². The van der Waals surface area contributed by atoms with Gasteiger partial charge in [-0.2, -0.15) is 13.2 Å². The van der Waals surface area contributed by atoms with Crippen LogP contribution in [0.25, 0.3) is 0 Å². The van der Waals surface area contributed by atoms with Gasteiger partial charge in [0, 0.05) is 13.0 Å². The maximum atomic E-state index is 12.3. The number of nitrogens with two attached hydrogens (primary N) is 1. The zero-order valence-electron chi connectivity index (χ0n) is 8.88. The molecule has 1 atom stereocenters. The Morgan fingerprint density at radius 1 is 1.19 bits per heavy atom. The molecule has 0 aliphatic carbocycles. The Labute approximate surface area is 91.9 Å². The molecule has 1 rings (SSSR count). The molecule has 16 heavy (non-hydrogen) atoms. The molecule has 1 unspecified atom stereocenters. The highest BCUT2D eigenvalue weighted by atomic mass is 19.4. The highest BCUT2D eigenvalue weighted by Crippen LogP contribution is 2.29. The highest BCUT2D eigenvalue weighted by molar-refractivity contribution is 5.25. The summed E-state index contributed by atoms with van der Waals surface area (Å²) in [6.45, 7) is 1.61. The predicted octanol–water partition coefficient (Wildman–Crippen LogP) is 1.96. The van der Waals surface area contributed by atoms with Gasteiger partial charge in [0.05, 0.1) is 11.2 Å². The Balaban J connectivity index is 2.80.